The van der Waals surface area contributed by atoms with Gasteiger partial charge in [0.2, 0.25) is 5.95 Å². The van der Waals surface area contributed by atoms with Crippen LogP contribution in [0.25, 0.3) is 0 Å². The van der Waals surface area contributed by atoms with Gasteiger partial charge in [0.1, 0.15) is 6.17 Å². The summed E-state index contributed by atoms with van der Waals surface area (Å²) in [5, 5.41) is 0. The summed E-state index contributed by atoms with van der Waals surface area (Å²) in [4.78, 5) is 2.09. The van der Waals surface area contributed by atoms with E-state index in [1.165, 1.54) is 11.7 Å². The van der Waals surface area contributed by atoms with Crippen molar-refractivity contribution in [2.24, 2.45) is 0 Å². The first-order valence-corrected chi connectivity index (χ1v) is 4.52. The van der Waals surface area contributed by atoms with Gasteiger partial charge in [0.05, 0.1) is 0 Å². The molecule has 1 saturated heterocycles. The van der Waals surface area contributed by atoms with E-state index in [4.69, 9.17) is 0 Å². The molecule has 11 heavy (non-hydrogen) atoms. The molecule has 0 saturated carbocycles. The molecule has 1 N–H and O–H groups in total. The number of H-pyrrole nitrogens is 1. The number of halogens is 1. The zero-order chi connectivity index (χ0) is 7.68. The number of anilines is 1. The summed E-state index contributed by atoms with van der Waals surface area (Å²) in [5.74, 6) is 0.918. The summed E-state index contributed by atoms with van der Waals surface area (Å²) in [6.45, 7) is 1.60. The predicted molar refractivity (Wildman–Crippen MR) is 42.8 cm³/mol. The average Bonchev–Trinajstić information content (AvgIpc) is 1.90. The van der Waals surface area contributed by atoms with Crippen molar-refractivity contribution < 1.29 is 4.39 Å². The highest BCUT2D eigenvalue weighted by Gasteiger charge is 2.20. The number of rotatable bonds is 1. The summed E-state index contributed by atoms with van der Waals surface area (Å²) in [7, 11) is 0. The van der Waals surface area contributed by atoms with E-state index in [1.807, 2.05) is 0 Å². The van der Waals surface area contributed by atoms with Gasteiger partial charge in [-0.25, -0.2) is 4.39 Å². The van der Waals surface area contributed by atoms with Crippen LogP contribution in [0.5, 0.6) is 0 Å². The van der Waals surface area contributed by atoms with E-state index in [0.29, 0.717) is 12.8 Å². The second-order valence-electron chi connectivity index (χ2n) is 2.77. The van der Waals surface area contributed by atoms with Crippen molar-refractivity contribution in [3.8, 4) is 0 Å². The molecule has 0 radical (unpaired) electrons. The lowest BCUT2D eigenvalue weighted by atomic mass is 10.1. The molecule has 62 valence electrons. The minimum Gasteiger partial charge on any atom is -0.341 e. The summed E-state index contributed by atoms with van der Waals surface area (Å²) in [6, 6.07) is 0. The predicted octanol–water partition coefficient (Wildman–Crippen LogP) is 1.41. The highest BCUT2D eigenvalue weighted by atomic mass is 32.1. The van der Waals surface area contributed by atoms with E-state index in [0.717, 1.165) is 19.0 Å². The van der Waals surface area contributed by atoms with Crippen molar-refractivity contribution in [1.29, 1.82) is 0 Å². The lowest BCUT2D eigenvalue weighted by Crippen LogP contribution is -2.35. The van der Waals surface area contributed by atoms with Gasteiger partial charge in [0, 0.05) is 24.8 Å². The summed E-state index contributed by atoms with van der Waals surface area (Å²) < 4.78 is 19.7. The summed E-state index contributed by atoms with van der Waals surface area (Å²) in [6.07, 6.45) is 0.691. The standard InChI is InChI=1S/C6H10FN3S/c7-5-1-3-10(4-2-5)6-8-11-9-6/h5H,1-4H2,(H,8,9). The van der Waals surface area contributed by atoms with Crippen LogP contribution in [0.4, 0.5) is 10.3 Å². The third-order valence-electron chi connectivity index (χ3n) is 1.99. The number of hydrogen-bond acceptors (Lipinski definition) is 3. The number of aromatic amines is 1. The fraction of sp³-hybridized carbons (Fsp3) is 0.833. The van der Waals surface area contributed by atoms with Gasteiger partial charge in [-0.3, -0.25) is 4.37 Å². The molecule has 0 unspecified atom stereocenters. The number of nitrogens with one attached hydrogen (secondary N) is 1. The summed E-state index contributed by atoms with van der Waals surface area (Å²) >= 11 is 1.34. The average molecular weight is 175 g/mol. The molecular weight excluding hydrogens is 165 g/mol. The van der Waals surface area contributed by atoms with Crippen molar-refractivity contribution in [3.05, 3.63) is 0 Å². The molecule has 0 aromatic carbocycles. The lowest BCUT2D eigenvalue weighted by Gasteiger charge is -2.29. The first kappa shape index (κ1) is 7.09. The quantitative estimate of drug-likeness (QED) is 0.699. The Morgan fingerprint density at radius 2 is 2.18 bits per heavy atom. The van der Waals surface area contributed by atoms with E-state index in [9.17, 15) is 4.39 Å². The SMILES string of the molecule is FC1CCN(c2ns[nH]2)CC1. The minimum atomic E-state index is -0.598. The minimum absolute atomic E-state index is 0.598. The van der Waals surface area contributed by atoms with E-state index in [2.05, 4.69) is 13.6 Å². The van der Waals surface area contributed by atoms with Crippen LogP contribution in [0.3, 0.4) is 0 Å². The number of aromatic nitrogens is 2. The van der Waals surface area contributed by atoms with Crippen LogP contribution in [-0.4, -0.2) is 28.0 Å². The molecular formula is C6H10FN3S. The molecule has 1 aliphatic heterocycles. The third kappa shape index (κ3) is 1.38. The molecule has 1 fully saturated rings. The van der Waals surface area contributed by atoms with Crippen LogP contribution in [0, 0.1) is 0 Å². The monoisotopic (exact) mass is 175 g/mol. The van der Waals surface area contributed by atoms with Gasteiger partial charge in [-0.05, 0) is 12.8 Å². The molecule has 1 aromatic heterocycles. The second kappa shape index (κ2) is 2.81. The largest absolute Gasteiger partial charge is 0.341 e. The van der Waals surface area contributed by atoms with Gasteiger partial charge in [-0.1, -0.05) is 0 Å². The van der Waals surface area contributed by atoms with Crippen LogP contribution < -0.4 is 4.90 Å². The second-order valence-corrected chi connectivity index (χ2v) is 3.34. The molecule has 1 aromatic rings. The smallest absolute Gasteiger partial charge is 0.226 e. The Kier molecular flexibility index (Phi) is 1.81. The number of hydrogen-bond donors (Lipinski definition) is 1. The Hall–Kier alpha value is -0.580. The molecule has 0 spiro atoms. The van der Waals surface area contributed by atoms with Crippen molar-refractivity contribution in [2.75, 3.05) is 18.0 Å². The highest BCUT2D eigenvalue weighted by molar-refractivity contribution is 7.00. The Balaban J connectivity index is 1.91. The Bertz CT molecular complexity index is 205. The molecule has 0 bridgehead atoms. The normalized spacial score (nSPS) is 21.0. The van der Waals surface area contributed by atoms with Crippen LogP contribution in [0.1, 0.15) is 12.8 Å². The van der Waals surface area contributed by atoms with Crippen molar-refractivity contribution >= 4 is 17.7 Å². The molecule has 5 heteroatoms. The summed E-state index contributed by atoms with van der Waals surface area (Å²) in [5.41, 5.74) is 0. The van der Waals surface area contributed by atoms with Crippen LogP contribution >= 0.6 is 11.7 Å². The van der Waals surface area contributed by atoms with Gasteiger partial charge in [0.25, 0.3) is 0 Å². The van der Waals surface area contributed by atoms with Crippen LogP contribution in [-0.2, 0) is 0 Å². The number of nitrogens with zero attached hydrogens (tertiary/aromatic N) is 2. The molecule has 2 rings (SSSR count). The Labute approximate surface area is 68.5 Å². The van der Waals surface area contributed by atoms with Crippen LogP contribution in [0.15, 0.2) is 0 Å². The Morgan fingerprint density at radius 3 is 2.64 bits per heavy atom. The van der Waals surface area contributed by atoms with Crippen molar-refractivity contribution in [2.45, 2.75) is 19.0 Å². The number of piperidine rings is 1. The first-order chi connectivity index (χ1) is 5.36. The maximum absolute atomic E-state index is 12.7. The van der Waals surface area contributed by atoms with E-state index in [-0.39, 0.29) is 0 Å². The Morgan fingerprint density at radius 1 is 1.55 bits per heavy atom. The molecule has 0 amide bonds. The van der Waals surface area contributed by atoms with E-state index < -0.39 is 6.17 Å². The van der Waals surface area contributed by atoms with Gasteiger partial charge < -0.3 is 4.90 Å². The zero-order valence-electron chi connectivity index (χ0n) is 6.09. The third-order valence-corrected chi connectivity index (χ3v) is 2.53. The zero-order valence-corrected chi connectivity index (χ0v) is 6.90. The lowest BCUT2D eigenvalue weighted by molar-refractivity contribution is 0.276. The maximum atomic E-state index is 12.7. The fourth-order valence-corrected chi connectivity index (χ4v) is 1.69. The van der Waals surface area contributed by atoms with Crippen molar-refractivity contribution in [3.63, 3.8) is 0 Å². The molecule has 2 heterocycles. The van der Waals surface area contributed by atoms with Gasteiger partial charge >= 0.3 is 0 Å². The van der Waals surface area contributed by atoms with Gasteiger partial charge in [-0.2, -0.15) is 0 Å². The van der Waals surface area contributed by atoms with Gasteiger partial charge in [0.15, 0.2) is 0 Å². The highest BCUT2D eigenvalue weighted by Crippen LogP contribution is 2.19. The van der Waals surface area contributed by atoms with E-state index in [1.54, 1.807) is 0 Å². The molecule has 1 aliphatic rings. The topological polar surface area (TPSA) is 31.9 Å². The number of alkyl halides is 1. The molecule has 0 aliphatic carbocycles. The first-order valence-electron chi connectivity index (χ1n) is 3.75. The molecule has 3 nitrogen and oxygen atoms in total. The maximum Gasteiger partial charge on any atom is 0.226 e. The van der Waals surface area contributed by atoms with Crippen molar-refractivity contribution in [1.82, 2.24) is 8.75 Å². The molecule has 0 atom stereocenters. The van der Waals surface area contributed by atoms with Gasteiger partial charge in [-0.15, -0.1) is 4.37 Å². The van der Waals surface area contributed by atoms with E-state index >= 15 is 0 Å². The fourth-order valence-electron chi connectivity index (χ4n) is 1.27. The van der Waals surface area contributed by atoms with Crippen LogP contribution in [0.2, 0.25) is 0 Å².